The summed E-state index contributed by atoms with van der Waals surface area (Å²) in [5.74, 6) is 0.817. The van der Waals surface area contributed by atoms with Gasteiger partial charge in [0.1, 0.15) is 5.75 Å². The van der Waals surface area contributed by atoms with Crippen molar-refractivity contribution in [3.8, 4) is 5.75 Å². The summed E-state index contributed by atoms with van der Waals surface area (Å²) in [4.78, 5) is 4.24. The largest absolute Gasteiger partial charge is 0.495 e. The van der Waals surface area contributed by atoms with Crippen molar-refractivity contribution < 1.29 is 4.74 Å². The monoisotopic (exact) mass is 236 g/mol. The van der Waals surface area contributed by atoms with Crippen LogP contribution in [0.4, 0.5) is 0 Å². The summed E-state index contributed by atoms with van der Waals surface area (Å²) in [5, 5.41) is 3.55. The zero-order valence-electron chi connectivity index (χ0n) is 11.6. The molecule has 1 atom stereocenters. The van der Waals surface area contributed by atoms with Gasteiger partial charge in [-0.2, -0.15) is 0 Å². The van der Waals surface area contributed by atoms with Crippen molar-refractivity contribution >= 4 is 0 Å². The minimum absolute atomic E-state index is 0.198. The molecule has 0 radical (unpaired) electrons. The molecule has 0 aliphatic rings. The molecule has 0 amide bonds. The zero-order chi connectivity index (χ0) is 12.9. The molecule has 0 saturated heterocycles. The molecule has 0 saturated carbocycles. The summed E-state index contributed by atoms with van der Waals surface area (Å²) in [6.07, 6.45) is 4.78. The molecular formula is C14H24N2O. The van der Waals surface area contributed by atoms with Crippen molar-refractivity contribution in [3.05, 3.63) is 24.0 Å². The van der Waals surface area contributed by atoms with Crippen LogP contribution in [0.3, 0.4) is 0 Å². The normalized spacial score (nSPS) is 13.5. The minimum Gasteiger partial charge on any atom is -0.495 e. The zero-order valence-corrected chi connectivity index (χ0v) is 11.6. The van der Waals surface area contributed by atoms with E-state index in [1.165, 1.54) is 5.56 Å². The highest BCUT2D eigenvalue weighted by Crippen LogP contribution is 2.36. The van der Waals surface area contributed by atoms with Gasteiger partial charge >= 0.3 is 0 Å². The van der Waals surface area contributed by atoms with E-state index in [4.69, 9.17) is 4.74 Å². The molecule has 3 nitrogen and oxygen atoms in total. The molecule has 1 aromatic rings. The molecule has 1 aromatic heterocycles. The number of rotatable bonds is 6. The van der Waals surface area contributed by atoms with E-state index in [1.807, 2.05) is 6.20 Å². The van der Waals surface area contributed by atoms with Gasteiger partial charge in [0.25, 0.3) is 0 Å². The second-order valence-corrected chi connectivity index (χ2v) is 4.99. The Bertz CT molecular complexity index is 350. The van der Waals surface area contributed by atoms with E-state index < -0.39 is 0 Å². The third-order valence-electron chi connectivity index (χ3n) is 3.40. The smallest absolute Gasteiger partial charge is 0.137 e. The number of pyridine rings is 1. The molecule has 1 unspecified atom stereocenters. The van der Waals surface area contributed by atoms with Gasteiger partial charge in [-0.05, 0) is 30.0 Å². The third kappa shape index (κ3) is 3.43. The molecule has 0 aliphatic carbocycles. The Labute approximate surface area is 105 Å². The Morgan fingerprint density at radius 2 is 2.06 bits per heavy atom. The van der Waals surface area contributed by atoms with Crippen LogP contribution in [0.2, 0.25) is 0 Å². The fourth-order valence-corrected chi connectivity index (χ4v) is 1.96. The predicted octanol–water partition coefficient (Wildman–Crippen LogP) is 3.18. The van der Waals surface area contributed by atoms with Crippen molar-refractivity contribution in [1.82, 2.24) is 10.3 Å². The molecule has 3 heteroatoms. The summed E-state index contributed by atoms with van der Waals surface area (Å²) < 4.78 is 5.24. The topological polar surface area (TPSA) is 34.2 Å². The highest BCUT2D eigenvalue weighted by molar-refractivity contribution is 5.27. The average molecular weight is 236 g/mol. The van der Waals surface area contributed by atoms with Gasteiger partial charge in [0.2, 0.25) is 0 Å². The molecule has 1 rings (SSSR count). The van der Waals surface area contributed by atoms with Crippen LogP contribution in [0.1, 0.15) is 45.7 Å². The summed E-state index contributed by atoms with van der Waals surface area (Å²) in [7, 11) is 1.67. The molecule has 96 valence electrons. The number of nitrogens with one attached hydrogen (secondary N) is 1. The molecule has 0 aromatic carbocycles. The fraction of sp³-hybridized carbons (Fsp3) is 0.643. The number of aromatic nitrogens is 1. The second kappa shape index (κ2) is 6.01. The first-order valence-electron chi connectivity index (χ1n) is 6.27. The van der Waals surface area contributed by atoms with Crippen molar-refractivity contribution in [3.63, 3.8) is 0 Å². The van der Waals surface area contributed by atoms with Crippen molar-refractivity contribution in [2.45, 2.75) is 40.2 Å². The molecule has 0 spiro atoms. The van der Waals surface area contributed by atoms with Crippen LogP contribution in [0.15, 0.2) is 18.5 Å². The summed E-state index contributed by atoms with van der Waals surface area (Å²) in [6, 6.07) is 2.37. The Kier molecular flexibility index (Phi) is 4.94. The second-order valence-electron chi connectivity index (χ2n) is 4.99. The fourth-order valence-electron chi connectivity index (χ4n) is 1.96. The highest BCUT2D eigenvalue weighted by atomic mass is 16.5. The maximum absolute atomic E-state index is 5.24. The number of hydrogen-bond acceptors (Lipinski definition) is 3. The molecule has 1 heterocycles. The van der Waals surface area contributed by atoms with Gasteiger partial charge in [-0.1, -0.05) is 27.7 Å². The van der Waals surface area contributed by atoms with E-state index in [2.05, 4.69) is 44.1 Å². The Morgan fingerprint density at radius 3 is 2.59 bits per heavy atom. The van der Waals surface area contributed by atoms with Crippen LogP contribution < -0.4 is 10.1 Å². The number of methoxy groups -OCH3 is 1. The average Bonchev–Trinajstić information content (AvgIpc) is 2.35. The maximum atomic E-state index is 5.24. The van der Waals surface area contributed by atoms with Gasteiger partial charge in [0, 0.05) is 12.2 Å². The minimum atomic E-state index is 0.198. The van der Waals surface area contributed by atoms with E-state index in [0.29, 0.717) is 6.04 Å². The van der Waals surface area contributed by atoms with Crippen LogP contribution in [-0.4, -0.2) is 18.6 Å². The molecule has 0 fully saturated rings. The van der Waals surface area contributed by atoms with Crippen molar-refractivity contribution in [2.24, 2.45) is 5.41 Å². The van der Waals surface area contributed by atoms with Crippen molar-refractivity contribution in [1.29, 1.82) is 0 Å². The Morgan fingerprint density at radius 1 is 1.35 bits per heavy atom. The first-order valence-corrected chi connectivity index (χ1v) is 6.27. The maximum Gasteiger partial charge on any atom is 0.137 e. The number of ether oxygens (including phenoxy) is 1. The van der Waals surface area contributed by atoms with Crippen molar-refractivity contribution in [2.75, 3.05) is 13.7 Å². The van der Waals surface area contributed by atoms with Crippen LogP contribution in [0.5, 0.6) is 5.75 Å². The summed E-state index contributed by atoms with van der Waals surface area (Å²) >= 11 is 0. The first kappa shape index (κ1) is 14.0. The van der Waals surface area contributed by atoms with E-state index >= 15 is 0 Å². The Balaban J connectivity index is 3.04. The van der Waals surface area contributed by atoms with E-state index in [1.54, 1.807) is 13.3 Å². The van der Waals surface area contributed by atoms with Crippen LogP contribution in [0.25, 0.3) is 0 Å². The van der Waals surface area contributed by atoms with Crippen LogP contribution in [-0.2, 0) is 0 Å². The lowest BCUT2D eigenvalue weighted by Gasteiger charge is -2.34. The van der Waals surface area contributed by atoms with Crippen LogP contribution >= 0.6 is 0 Å². The lowest BCUT2D eigenvalue weighted by atomic mass is 9.78. The summed E-state index contributed by atoms with van der Waals surface area (Å²) in [5.41, 5.74) is 1.39. The highest BCUT2D eigenvalue weighted by Gasteiger charge is 2.28. The molecule has 0 aliphatic heterocycles. The molecule has 1 N–H and O–H groups in total. The lowest BCUT2D eigenvalue weighted by molar-refractivity contribution is 0.236. The third-order valence-corrected chi connectivity index (χ3v) is 3.40. The molecule has 0 bridgehead atoms. The lowest BCUT2D eigenvalue weighted by Crippen LogP contribution is -2.33. The number of nitrogens with zero attached hydrogens (tertiary/aromatic N) is 1. The summed E-state index contributed by atoms with van der Waals surface area (Å²) in [6.45, 7) is 9.86. The molecular weight excluding hydrogens is 212 g/mol. The van der Waals surface area contributed by atoms with Crippen LogP contribution in [0, 0.1) is 5.41 Å². The van der Waals surface area contributed by atoms with E-state index in [9.17, 15) is 0 Å². The van der Waals surface area contributed by atoms with E-state index in [0.717, 1.165) is 18.7 Å². The Hall–Kier alpha value is -1.09. The number of hydrogen-bond donors (Lipinski definition) is 1. The van der Waals surface area contributed by atoms with Gasteiger partial charge in [-0.3, -0.25) is 4.98 Å². The van der Waals surface area contributed by atoms with E-state index in [-0.39, 0.29) is 5.41 Å². The van der Waals surface area contributed by atoms with Gasteiger partial charge in [-0.25, -0.2) is 0 Å². The quantitative estimate of drug-likeness (QED) is 0.823. The van der Waals surface area contributed by atoms with Gasteiger partial charge in [0.15, 0.2) is 0 Å². The van der Waals surface area contributed by atoms with Gasteiger partial charge in [-0.15, -0.1) is 0 Å². The SMILES string of the molecule is CCNC(c1cncc(OC)c1)C(C)(C)CC. The standard InChI is InChI=1S/C14H24N2O/c1-6-14(3,4)13(16-7-2)11-8-12(17-5)10-15-9-11/h8-10,13,16H,6-7H2,1-5H3. The first-order chi connectivity index (χ1) is 8.05. The van der Waals surface area contributed by atoms with Gasteiger partial charge < -0.3 is 10.1 Å². The predicted molar refractivity (Wildman–Crippen MR) is 71.3 cm³/mol. The van der Waals surface area contributed by atoms with Gasteiger partial charge in [0.05, 0.1) is 13.3 Å². The molecule has 17 heavy (non-hydrogen) atoms.